The van der Waals surface area contributed by atoms with Crippen molar-refractivity contribution in [2.24, 2.45) is 0 Å². The van der Waals surface area contributed by atoms with Gasteiger partial charge in [0.05, 0.1) is 30.0 Å². The Bertz CT molecular complexity index is 3000. The second-order valence-electron chi connectivity index (χ2n) is 20.7. The molecule has 2 aromatic heterocycles. The molecular formula is C59H72BF4N9O5. The first-order valence-corrected chi connectivity index (χ1v) is 25.6. The monoisotopic (exact) mass is 1070 g/mol. The van der Waals surface area contributed by atoms with E-state index in [0.717, 1.165) is 115 Å². The molecule has 3 fully saturated rings. The van der Waals surface area contributed by atoms with E-state index in [1.165, 1.54) is 23.6 Å². The van der Waals surface area contributed by atoms with E-state index in [2.05, 4.69) is 104 Å². The van der Waals surface area contributed by atoms with E-state index in [0.29, 0.717) is 11.6 Å². The Labute approximate surface area is 456 Å². The van der Waals surface area contributed by atoms with E-state index in [9.17, 15) is 24.1 Å². The minimum Gasteiger partial charge on any atom is -0.399 e. The van der Waals surface area contributed by atoms with Crippen LogP contribution < -0.4 is 25.1 Å². The highest BCUT2D eigenvalue weighted by Gasteiger charge is 2.58. The number of aromatic nitrogens is 5. The van der Waals surface area contributed by atoms with Gasteiger partial charge in [-0.2, -0.15) is 8.78 Å². The van der Waals surface area contributed by atoms with Gasteiger partial charge in [-0.3, -0.25) is 4.98 Å². The third-order valence-electron chi connectivity index (χ3n) is 15.2. The number of alkyl halides is 2. The Kier molecular flexibility index (Phi) is 18.1. The molecule has 14 nitrogen and oxygen atoms in total. The van der Waals surface area contributed by atoms with E-state index in [4.69, 9.17) is 9.31 Å². The largest absolute Gasteiger partial charge is 0.494 e. The van der Waals surface area contributed by atoms with Crippen LogP contribution in [0.4, 0.5) is 40.3 Å². The van der Waals surface area contributed by atoms with Crippen molar-refractivity contribution < 1.29 is 42.2 Å². The second kappa shape index (κ2) is 24.0. The molecule has 10 rings (SSSR count). The predicted octanol–water partition coefficient (Wildman–Crippen LogP) is 9.71. The zero-order valence-corrected chi connectivity index (χ0v) is 43.6. The molecular weight excluding hydrogens is 1000 g/mol. The molecule has 414 valence electrons. The first kappa shape index (κ1) is 58.8. The fourth-order valence-corrected chi connectivity index (χ4v) is 9.69. The Morgan fingerprint density at radius 2 is 1.03 bits per heavy atom. The number of hydrogen-bond donors (Lipinski definition) is 3. The van der Waals surface area contributed by atoms with Crippen LogP contribution >= 0.6 is 0 Å². The van der Waals surface area contributed by atoms with Crippen LogP contribution in [0.1, 0.15) is 91.0 Å². The zero-order valence-electron chi connectivity index (χ0n) is 43.6. The standard InChI is InChI=1S/C33H31F4N7O2.C24H33BN2O3.2CH4/c1-22(45)23-2-8-27(9-3-23)42-14-16-43(17-15-42)28-10-4-24(5-11-28)25-6-13-31(38-19-25)33(36,37)32(46,20-44-21-39-40-41-44)29-12-7-26(34)18-30(29)35;1-18(28)19-6-10-21(11-7-19)26-14-16-27(17-15-26)22-12-8-20(9-13-22)25-29-23(2,3)24(4,5)30-25;;/h2-13,18-19,21-22,45-46H,14-17,20H2,1H3;6-13,18,28H,14-17H2,1-5H3;2*1H4/t22?,32-;;;/m0.../s1. The van der Waals surface area contributed by atoms with Crippen molar-refractivity contribution in [3.8, 4) is 11.1 Å². The van der Waals surface area contributed by atoms with Crippen molar-refractivity contribution in [1.82, 2.24) is 25.2 Å². The number of rotatable bonds is 13. The molecule has 3 aliphatic heterocycles. The van der Waals surface area contributed by atoms with Gasteiger partial charge in [-0.1, -0.05) is 69.5 Å². The van der Waals surface area contributed by atoms with Gasteiger partial charge < -0.3 is 44.2 Å². The predicted molar refractivity (Wildman–Crippen MR) is 300 cm³/mol. The van der Waals surface area contributed by atoms with Gasteiger partial charge in [-0.05, 0) is 141 Å². The topological polar surface area (TPSA) is 149 Å². The number of hydrogen-bond acceptors (Lipinski definition) is 13. The summed E-state index contributed by atoms with van der Waals surface area (Å²) in [7, 11) is -0.314. The number of aliphatic hydroxyl groups is 3. The van der Waals surface area contributed by atoms with E-state index >= 15 is 8.78 Å². The summed E-state index contributed by atoms with van der Waals surface area (Å²) < 4.78 is 73.7. The SMILES string of the molecule is C.C.CC(O)c1ccc(N2CCN(c3ccc(-c4ccc(C(F)(F)[C@](O)(Cn5cnnn5)c5ccc(F)cc5F)nc4)cc3)CC2)cc1.CC(O)c1ccc(N2CCN(c3ccc(B4OC(C)(C)C(C)(C)O4)cc3)CC2)cc1. The van der Waals surface area contributed by atoms with Crippen LogP contribution in [-0.2, 0) is 27.4 Å². The smallest absolute Gasteiger partial charge is 0.399 e. The highest BCUT2D eigenvalue weighted by Crippen LogP contribution is 2.47. The van der Waals surface area contributed by atoms with Crippen molar-refractivity contribution in [3.63, 3.8) is 0 Å². The fourth-order valence-electron chi connectivity index (χ4n) is 9.69. The third-order valence-corrected chi connectivity index (χ3v) is 15.2. The number of benzene rings is 5. The molecule has 19 heteroatoms. The summed E-state index contributed by atoms with van der Waals surface area (Å²) in [6, 6.07) is 37.0. The van der Waals surface area contributed by atoms with E-state index < -0.39 is 53.2 Å². The van der Waals surface area contributed by atoms with Gasteiger partial charge in [0.25, 0.3) is 0 Å². The van der Waals surface area contributed by atoms with Crippen molar-refractivity contribution in [1.29, 1.82) is 0 Å². The fraction of sp³-hybridized carbons (Fsp3) is 0.390. The number of piperazine rings is 2. The molecule has 0 aliphatic carbocycles. The molecule has 7 aromatic rings. The normalized spacial score (nSPS) is 17.7. The van der Waals surface area contributed by atoms with Crippen LogP contribution in [0.25, 0.3) is 11.1 Å². The van der Waals surface area contributed by atoms with Crippen LogP contribution in [0.3, 0.4) is 0 Å². The molecule has 3 atom stereocenters. The molecule has 3 N–H and O–H groups in total. The summed E-state index contributed by atoms with van der Waals surface area (Å²) in [5.74, 6) is -6.47. The van der Waals surface area contributed by atoms with Crippen LogP contribution in [0, 0.1) is 11.6 Å². The van der Waals surface area contributed by atoms with Gasteiger partial charge in [-0.15, -0.1) is 5.10 Å². The van der Waals surface area contributed by atoms with Crippen molar-refractivity contribution in [2.75, 3.05) is 72.0 Å². The minimum atomic E-state index is -4.14. The molecule has 0 spiro atoms. The molecule has 2 unspecified atom stereocenters. The van der Waals surface area contributed by atoms with Gasteiger partial charge in [0.2, 0.25) is 0 Å². The maximum absolute atomic E-state index is 16.1. The van der Waals surface area contributed by atoms with Crippen molar-refractivity contribution >= 4 is 35.3 Å². The molecule has 0 saturated carbocycles. The molecule has 5 aromatic carbocycles. The lowest BCUT2D eigenvalue weighted by atomic mass is 9.79. The summed E-state index contributed by atoms with van der Waals surface area (Å²) in [6.07, 6.45) is 1.34. The van der Waals surface area contributed by atoms with Crippen molar-refractivity contribution in [3.05, 3.63) is 174 Å². The third kappa shape index (κ3) is 12.5. The van der Waals surface area contributed by atoms with Gasteiger partial charge in [0.1, 0.15) is 23.7 Å². The lowest BCUT2D eigenvalue weighted by Gasteiger charge is -2.37. The summed E-state index contributed by atoms with van der Waals surface area (Å²) in [6.45, 7) is 18.1. The van der Waals surface area contributed by atoms with Crippen LogP contribution in [0.5, 0.6) is 0 Å². The van der Waals surface area contributed by atoms with E-state index in [-0.39, 0.29) is 33.2 Å². The highest BCUT2D eigenvalue weighted by molar-refractivity contribution is 6.62. The number of pyridine rings is 1. The van der Waals surface area contributed by atoms with Crippen LogP contribution in [0.2, 0.25) is 0 Å². The quantitative estimate of drug-likeness (QED) is 0.0744. The highest BCUT2D eigenvalue weighted by atomic mass is 19.3. The van der Waals surface area contributed by atoms with Crippen LogP contribution in [-0.4, -0.2) is 111 Å². The number of aliphatic hydroxyl groups excluding tert-OH is 2. The number of nitrogens with zero attached hydrogens (tertiary/aromatic N) is 9. The Morgan fingerprint density at radius 1 is 0.603 bits per heavy atom. The Hall–Kier alpha value is -6.90. The summed E-state index contributed by atoms with van der Waals surface area (Å²) >= 11 is 0. The van der Waals surface area contributed by atoms with E-state index in [1.807, 2.05) is 60.7 Å². The first-order chi connectivity index (χ1) is 36.2. The molecule has 3 saturated heterocycles. The second-order valence-corrected chi connectivity index (χ2v) is 20.7. The lowest BCUT2D eigenvalue weighted by molar-refractivity contribution is -0.207. The number of tetrazole rings is 1. The van der Waals surface area contributed by atoms with Gasteiger partial charge in [-0.25, -0.2) is 13.5 Å². The first-order valence-electron chi connectivity index (χ1n) is 25.6. The molecule has 5 heterocycles. The molecule has 0 radical (unpaired) electrons. The minimum absolute atomic E-state index is 0. The molecule has 0 bridgehead atoms. The maximum Gasteiger partial charge on any atom is 0.494 e. The van der Waals surface area contributed by atoms with Crippen LogP contribution in [0.15, 0.2) is 140 Å². The van der Waals surface area contributed by atoms with E-state index in [1.54, 1.807) is 13.8 Å². The zero-order chi connectivity index (χ0) is 54.0. The molecule has 3 aliphatic rings. The molecule has 78 heavy (non-hydrogen) atoms. The maximum atomic E-state index is 16.1. The number of halogens is 4. The number of anilines is 4. The molecule has 0 amide bonds. The lowest BCUT2D eigenvalue weighted by Crippen LogP contribution is -2.48. The van der Waals surface area contributed by atoms with Gasteiger partial charge in [0.15, 0.2) is 5.60 Å². The Morgan fingerprint density at radius 3 is 1.41 bits per heavy atom. The van der Waals surface area contributed by atoms with Crippen molar-refractivity contribution in [2.45, 2.75) is 97.9 Å². The average molecular weight is 1070 g/mol. The van der Waals surface area contributed by atoms with Gasteiger partial charge in [0, 0.05) is 98.5 Å². The Balaban J connectivity index is 0.000000240. The van der Waals surface area contributed by atoms with Gasteiger partial charge >= 0.3 is 13.0 Å². The summed E-state index contributed by atoms with van der Waals surface area (Å²) in [4.78, 5) is 13.4. The average Bonchev–Trinajstić information content (AvgIpc) is 4.17. The summed E-state index contributed by atoms with van der Waals surface area (Å²) in [5, 5.41) is 41.1. The summed E-state index contributed by atoms with van der Waals surface area (Å²) in [5.41, 5.74) is 3.31.